The van der Waals surface area contributed by atoms with Crippen LogP contribution in [-0.2, 0) is 6.18 Å². The summed E-state index contributed by atoms with van der Waals surface area (Å²) in [5.41, 5.74) is 10.8. The molecule has 0 bridgehead atoms. The Kier molecular flexibility index (Phi) is 12.8. The molecule has 0 spiro atoms. The van der Waals surface area contributed by atoms with Gasteiger partial charge in [0, 0.05) is 32.7 Å². The van der Waals surface area contributed by atoms with Gasteiger partial charge in [0.05, 0.1) is 101 Å². The van der Waals surface area contributed by atoms with Gasteiger partial charge in [0.2, 0.25) is 0 Å². The summed E-state index contributed by atoms with van der Waals surface area (Å²) in [5, 5.41) is 54.5. The van der Waals surface area contributed by atoms with E-state index in [9.17, 15) is 39.5 Å². The van der Waals surface area contributed by atoms with E-state index in [2.05, 4.69) is 49.7 Å². The van der Waals surface area contributed by atoms with Crippen molar-refractivity contribution in [3.05, 3.63) is 261 Å². The molecule has 0 atom stereocenters. The van der Waals surface area contributed by atoms with E-state index in [0.717, 1.165) is 12.1 Å². The van der Waals surface area contributed by atoms with Gasteiger partial charge in [0.25, 0.3) is 0 Å². The Hall–Kier alpha value is -13.0. The van der Waals surface area contributed by atoms with Crippen LogP contribution in [0.25, 0.3) is 130 Å². The van der Waals surface area contributed by atoms with E-state index in [1.54, 1.807) is 67.6 Å². The number of hydrogen-bond donors (Lipinski definition) is 0. The molecule has 0 aliphatic carbocycles. The monoisotopic (exact) mass is 1100 g/mol. The van der Waals surface area contributed by atoms with Gasteiger partial charge in [-0.3, -0.25) is 0 Å². The lowest BCUT2D eigenvalue weighted by molar-refractivity contribution is -0.137. The van der Waals surface area contributed by atoms with Gasteiger partial charge in [-0.1, -0.05) is 48.5 Å². The first-order chi connectivity index (χ1) is 41.2. The predicted molar refractivity (Wildman–Crippen MR) is 321 cm³/mol. The van der Waals surface area contributed by atoms with Gasteiger partial charge in [-0.05, 0) is 196 Å². The molecule has 0 N–H and O–H groups in total. The Balaban J connectivity index is 1.20. The normalized spacial score (nSPS) is 11.0. The second-order valence-electron chi connectivity index (χ2n) is 20.1. The topological polar surface area (TPSA) is 146 Å². The van der Waals surface area contributed by atoms with Crippen LogP contribution in [0.5, 0.6) is 0 Å². The van der Waals surface area contributed by atoms with Gasteiger partial charge in [0.15, 0.2) is 22.7 Å². The number of nitriles is 5. The van der Waals surface area contributed by atoms with Gasteiger partial charge in [-0.2, -0.15) is 39.5 Å². The average molecular weight is 1100 g/mol. The fourth-order valence-corrected chi connectivity index (χ4v) is 11.3. The fourth-order valence-electron chi connectivity index (χ4n) is 11.3. The predicted octanol–water partition coefficient (Wildman–Crippen LogP) is 19.1. The Bertz CT molecular complexity index is 4690. The van der Waals surface area contributed by atoms with Crippen LogP contribution in [0.4, 0.5) is 35.9 Å². The largest absolute Gasteiger partial charge is 0.416 e. The summed E-state index contributed by atoms with van der Waals surface area (Å²) >= 11 is 0. The van der Waals surface area contributed by atoms with Crippen molar-refractivity contribution in [2.24, 2.45) is 0 Å². The molecule has 12 rings (SSSR count). The van der Waals surface area contributed by atoms with Gasteiger partial charge in [0.1, 0.15) is 11.6 Å². The second-order valence-corrected chi connectivity index (χ2v) is 20.1. The Morgan fingerprint density at radius 3 is 1.02 bits per heavy atom. The highest BCUT2D eigenvalue weighted by Crippen LogP contribution is 2.45. The van der Waals surface area contributed by atoms with Crippen LogP contribution in [0.2, 0.25) is 0 Å². The molecule has 0 radical (unpaired) electrons. The number of rotatable bonds is 7. The molecule has 11 nitrogen and oxygen atoms in total. The molecular weight excluding hydrogens is 1060 g/mol. The van der Waals surface area contributed by atoms with Crippen LogP contribution in [0.1, 0.15) is 38.9 Å². The molecule has 12 aromatic rings. The Labute approximate surface area is 483 Å². The van der Waals surface area contributed by atoms with E-state index in [1.807, 2.05) is 81.9 Å². The lowest BCUT2D eigenvalue weighted by Gasteiger charge is -2.20. The number of aromatic nitrogens is 2. The van der Waals surface area contributed by atoms with Crippen molar-refractivity contribution in [1.82, 2.24) is 9.13 Å². The molecule has 85 heavy (non-hydrogen) atoms. The number of aryl methyl sites for hydroxylation is 1. The third-order valence-electron chi connectivity index (χ3n) is 15.1. The summed E-state index contributed by atoms with van der Waals surface area (Å²) in [6, 6.07) is 60.4. The number of alkyl halides is 3. The molecule has 0 saturated carbocycles. The van der Waals surface area contributed by atoms with Crippen molar-refractivity contribution in [2.75, 3.05) is 0 Å². The molecule has 2 aromatic heterocycles. The van der Waals surface area contributed by atoms with E-state index >= 15 is 0 Å². The van der Waals surface area contributed by atoms with Gasteiger partial charge in [-0.15, -0.1) is 0 Å². The van der Waals surface area contributed by atoms with Crippen molar-refractivity contribution in [2.45, 2.75) is 13.1 Å². The van der Waals surface area contributed by atoms with E-state index in [4.69, 9.17) is 26.3 Å². The van der Waals surface area contributed by atoms with Gasteiger partial charge in [-0.25, -0.2) is 19.4 Å². The molecule has 0 saturated heterocycles. The van der Waals surface area contributed by atoms with Gasteiger partial charge < -0.3 is 9.13 Å². The van der Waals surface area contributed by atoms with Gasteiger partial charge >= 0.3 is 6.18 Å². The van der Waals surface area contributed by atoms with Crippen LogP contribution in [0.15, 0.2) is 176 Å². The minimum absolute atomic E-state index is 0.158. The quantitative estimate of drug-likeness (QED) is 0.146. The van der Waals surface area contributed by atoms with Crippen molar-refractivity contribution in [1.29, 1.82) is 26.3 Å². The van der Waals surface area contributed by atoms with Crippen LogP contribution in [-0.4, -0.2) is 9.13 Å². The molecule has 0 aliphatic heterocycles. The second kappa shape index (κ2) is 20.6. The molecular formula is C71H32F3N11. The Morgan fingerprint density at radius 1 is 0.353 bits per heavy atom. The summed E-state index contributed by atoms with van der Waals surface area (Å²) in [7, 11) is 0. The molecule has 392 valence electrons. The van der Waals surface area contributed by atoms with E-state index in [0.29, 0.717) is 116 Å². The number of hydrogen-bond acceptors (Lipinski definition) is 5. The van der Waals surface area contributed by atoms with Crippen LogP contribution in [0.3, 0.4) is 0 Å². The molecule has 0 unspecified atom stereocenters. The lowest BCUT2D eigenvalue weighted by atomic mass is 9.95. The third kappa shape index (κ3) is 9.17. The summed E-state index contributed by atoms with van der Waals surface area (Å²) < 4.78 is 47.0. The molecule has 0 amide bonds. The fraction of sp³-hybridized carbons (Fsp3) is 0.0282. The zero-order valence-electron chi connectivity index (χ0n) is 44.3. The van der Waals surface area contributed by atoms with Crippen molar-refractivity contribution >= 4 is 66.4 Å². The number of benzene rings is 10. The summed E-state index contributed by atoms with van der Waals surface area (Å²) in [5.74, 6) is 0. The first-order valence-electron chi connectivity index (χ1n) is 25.8. The molecule has 14 heteroatoms. The number of halogens is 3. The maximum atomic E-state index is 14.4. The highest BCUT2D eigenvalue weighted by atomic mass is 19.4. The number of nitrogens with zero attached hydrogens (tertiary/aromatic N) is 11. The SMILES string of the molecule is [C-]#[N+]c1cc(C#N)cc(-c2ccc3c(c2)c2cc(-c4cc(C#N)cc(C#N)c4)ccc2n3-c2cc(-c3ccc(C(F)(F)F)cc3C)cc(-n3c4ccc(-c5cc(C#N)cc([N+]#[C-])c5)cc4c4cc(-c5cc([N+]#[C-])cc([N+]#[C-])c5)ccc43)c2C#N)c1. The first kappa shape index (κ1) is 52.7. The van der Waals surface area contributed by atoms with Crippen LogP contribution < -0.4 is 0 Å². The van der Waals surface area contributed by atoms with Crippen molar-refractivity contribution in [3.8, 4) is 97.4 Å². The molecule has 10 aromatic carbocycles. The minimum Gasteiger partial charge on any atom is -0.308 e. The molecule has 0 aliphatic rings. The average Bonchev–Trinajstić information content (AvgIpc) is 1.68. The number of fused-ring (bicyclic) bond motifs is 6. The smallest absolute Gasteiger partial charge is 0.308 e. The van der Waals surface area contributed by atoms with Crippen molar-refractivity contribution < 1.29 is 13.2 Å². The van der Waals surface area contributed by atoms with E-state index in [-0.39, 0.29) is 50.6 Å². The highest BCUT2D eigenvalue weighted by Gasteiger charge is 2.31. The minimum atomic E-state index is -4.65. The van der Waals surface area contributed by atoms with E-state index < -0.39 is 11.7 Å². The third-order valence-corrected chi connectivity index (χ3v) is 15.1. The summed E-state index contributed by atoms with van der Waals surface area (Å²) in [6.07, 6.45) is -4.65. The highest BCUT2D eigenvalue weighted by molar-refractivity contribution is 6.14. The Morgan fingerprint density at radius 2 is 0.694 bits per heavy atom. The van der Waals surface area contributed by atoms with Crippen molar-refractivity contribution in [3.63, 3.8) is 0 Å². The lowest BCUT2D eigenvalue weighted by Crippen LogP contribution is -2.07. The zero-order chi connectivity index (χ0) is 59.4. The maximum absolute atomic E-state index is 14.4. The summed E-state index contributed by atoms with van der Waals surface area (Å²) in [6.45, 7) is 32.8. The molecule has 2 heterocycles. The zero-order valence-corrected chi connectivity index (χ0v) is 44.3. The van der Waals surface area contributed by atoms with Crippen LogP contribution >= 0.6 is 0 Å². The maximum Gasteiger partial charge on any atom is 0.416 e. The first-order valence-corrected chi connectivity index (χ1v) is 25.8. The summed E-state index contributed by atoms with van der Waals surface area (Å²) in [4.78, 5) is 14.5. The standard InChI is InChI=1S/C71H32F3N11/c1-40-16-54(71(72,73)74)10-11-59(40)53-32-69(84-65-12-6-45(49-18-41(35-75)17-42(19-49)36-76)28-60(65)61-29-46(7-13-66(61)84)50-20-43(37-77)22-55(24-50)80-2)64(39-79)70(33-53)85-67-14-8-47(51-21-44(38-78)23-56(25-51)81-3)30-62(67)63-31-48(9-15-68(63)85)52-26-57(82-4)34-58(27-52)83-5/h6-34H,1H3. The van der Waals surface area contributed by atoms with E-state index in [1.165, 1.54) is 30.3 Å². The molecule has 0 fully saturated rings. The van der Waals surface area contributed by atoms with Crippen LogP contribution in [0, 0.1) is 89.9 Å².